The number of nitrogens with zero attached hydrogens (tertiary/aromatic N) is 2. The Kier molecular flexibility index (Phi) is 3.73. The van der Waals surface area contributed by atoms with Crippen LogP contribution in [0.15, 0.2) is 24.3 Å². The number of hydrogen-bond donors (Lipinski definition) is 3. The zero-order valence-electron chi connectivity index (χ0n) is 13.6. The van der Waals surface area contributed by atoms with E-state index in [4.69, 9.17) is 0 Å². The fourth-order valence-corrected chi connectivity index (χ4v) is 2.57. The maximum atomic E-state index is 12.3. The van der Waals surface area contributed by atoms with E-state index >= 15 is 0 Å². The monoisotopic (exact) mass is 309 g/mol. The van der Waals surface area contributed by atoms with Crippen molar-refractivity contribution in [2.45, 2.75) is 27.7 Å². The van der Waals surface area contributed by atoms with Crippen LogP contribution in [0.1, 0.15) is 33.0 Å². The Balaban J connectivity index is 1.79. The van der Waals surface area contributed by atoms with E-state index in [9.17, 15) is 4.79 Å². The summed E-state index contributed by atoms with van der Waals surface area (Å²) in [4.78, 5) is 24.1. The Hall–Kier alpha value is -2.89. The molecule has 118 valence electrons. The van der Waals surface area contributed by atoms with Gasteiger partial charge in [0.05, 0.1) is 0 Å². The van der Waals surface area contributed by atoms with Crippen LogP contribution < -0.4 is 10.9 Å². The third-order valence-corrected chi connectivity index (χ3v) is 3.84. The van der Waals surface area contributed by atoms with Crippen LogP contribution in [-0.4, -0.2) is 20.9 Å². The second-order valence-electron chi connectivity index (χ2n) is 5.69. The number of amides is 1. The molecule has 0 spiro atoms. The maximum absolute atomic E-state index is 12.3. The molecule has 0 aliphatic heterocycles. The van der Waals surface area contributed by atoms with Crippen LogP contribution in [0.4, 0.5) is 5.95 Å². The standard InChI is InChI=1S/C17H19N5O/c1-9-7-10(2)19-17(18-9)22-21-16(23)13-5-6-15-14(8-13)11(3)12(4)20-15/h5-8,20H,1-4H3,(H,21,23)(H,18,19,22). The highest BCUT2D eigenvalue weighted by Gasteiger charge is 2.10. The summed E-state index contributed by atoms with van der Waals surface area (Å²) in [6, 6.07) is 7.46. The molecule has 0 atom stereocenters. The summed E-state index contributed by atoms with van der Waals surface area (Å²) >= 11 is 0. The number of anilines is 1. The molecular formula is C17H19N5O. The molecule has 3 N–H and O–H groups in total. The van der Waals surface area contributed by atoms with Crippen molar-refractivity contribution in [1.29, 1.82) is 0 Å². The van der Waals surface area contributed by atoms with Crippen molar-refractivity contribution in [3.63, 3.8) is 0 Å². The highest BCUT2D eigenvalue weighted by molar-refractivity contribution is 5.99. The first-order valence-corrected chi connectivity index (χ1v) is 7.41. The topological polar surface area (TPSA) is 82.7 Å². The van der Waals surface area contributed by atoms with Crippen molar-refractivity contribution in [3.05, 3.63) is 52.5 Å². The number of fused-ring (bicyclic) bond motifs is 1. The van der Waals surface area contributed by atoms with Gasteiger partial charge in [-0.15, -0.1) is 0 Å². The number of rotatable bonds is 3. The lowest BCUT2D eigenvalue weighted by atomic mass is 10.1. The number of H-pyrrole nitrogens is 1. The first kappa shape index (κ1) is 15.0. The van der Waals surface area contributed by atoms with Crippen molar-refractivity contribution in [2.75, 3.05) is 5.43 Å². The maximum Gasteiger partial charge on any atom is 0.269 e. The fourth-order valence-electron chi connectivity index (χ4n) is 2.57. The van der Waals surface area contributed by atoms with Crippen molar-refractivity contribution >= 4 is 22.8 Å². The van der Waals surface area contributed by atoms with Crippen LogP contribution in [0.3, 0.4) is 0 Å². The highest BCUT2D eigenvalue weighted by atomic mass is 16.2. The lowest BCUT2D eigenvalue weighted by Gasteiger charge is -2.08. The van der Waals surface area contributed by atoms with E-state index in [0.717, 1.165) is 33.5 Å². The molecule has 0 unspecified atom stereocenters. The number of hydrazine groups is 1. The summed E-state index contributed by atoms with van der Waals surface area (Å²) in [5.74, 6) is 0.151. The number of aryl methyl sites for hydroxylation is 4. The van der Waals surface area contributed by atoms with E-state index in [1.54, 1.807) is 6.07 Å². The van der Waals surface area contributed by atoms with Gasteiger partial charge in [0, 0.05) is 33.5 Å². The summed E-state index contributed by atoms with van der Waals surface area (Å²) in [6.07, 6.45) is 0. The highest BCUT2D eigenvalue weighted by Crippen LogP contribution is 2.22. The van der Waals surface area contributed by atoms with Gasteiger partial charge in [0.25, 0.3) is 5.91 Å². The van der Waals surface area contributed by atoms with Gasteiger partial charge in [-0.2, -0.15) is 0 Å². The van der Waals surface area contributed by atoms with Gasteiger partial charge in [-0.1, -0.05) is 0 Å². The van der Waals surface area contributed by atoms with Crippen LogP contribution in [0.2, 0.25) is 0 Å². The molecule has 0 saturated heterocycles. The number of carbonyl (C=O) groups excluding carboxylic acids is 1. The minimum Gasteiger partial charge on any atom is -0.358 e. The minimum absolute atomic E-state index is 0.229. The molecule has 3 rings (SSSR count). The van der Waals surface area contributed by atoms with Crippen LogP contribution >= 0.6 is 0 Å². The summed E-state index contributed by atoms with van der Waals surface area (Å²) in [6.45, 7) is 7.82. The molecule has 3 aromatic rings. The summed E-state index contributed by atoms with van der Waals surface area (Å²) in [7, 11) is 0. The van der Waals surface area contributed by atoms with E-state index in [1.165, 1.54) is 0 Å². The Morgan fingerprint density at radius 3 is 2.43 bits per heavy atom. The van der Waals surface area contributed by atoms with Crippen molar-refractivity contribution in [2.24, 2.45) is 0 Å². The molecule has 1 amide bonds. The third-order valence-electron chi connectivity index (χ3n) is 3.84. The molecule has 0 aliphatic rings. The smallest absolute Gasteiger partial charge is 0.269 e. The van der Waals surface area contributed by atoms with Crippen molar-refractivity contribution in [1.82, 2.24) is 20.4 Å². The molecule has 6 nitrogen and oxygen atoms in total. The van der Waals surface area contributed by atoms with E-state index in [0.29, 0.717) is 11.5 Å². The molecule has 2 heterocycles. The molecule has 23 heavy (non-hydrogen) atoms. The normalized spacial score (nSPS) is 10.8. The Labute approximate surface area is 134 Å². The first-order chi connectivity index (χ1) is 10.9. The number of aromatic nitrogens is 3. The predicted octanol–water partition coefficient (Wildman–Crippen LogP) is 2.95. The van der Waals surface area contributed by atoms with Gasteiger partial charge in [0.1, 0.15) is 0 Å². The molecule has 6 heteroatoms. The average Bonchev–Trinajstić information content (AvgIpc) is 2.78. The number of nitrogens with one attached hydrogen (secondary N) is 3. The van der Waals surface area contributed by atoms with Gasteiger partial charge < -0.3 is 4.98 Å². The first-order valence-electron chi connectivity index (χ1n) is 7.41. The van der Waals surface area contributed by atoms with Crippen molar-refractivity contribution in [3.8, 4) is 0 Å². The van der Waals surface area contributed by atoms with Gasteiger partial charge in [0.15, 0.2) is 0 Å². The van der Waals surface area contributed by atoms with Gasteiger partial charge in [-0.05, 0) is 57.5 Å². The van der Waals surface area contributed by atoms with Crippen LogP contribution in [-0.2, 0) is 0 Å². The lowest BCUT2D eigenvalue weighted by Crippen LogP contribution is -2.30. The van der Waals surface area contributed by atoms with E-state index in [2.05, 4.69) is 25.8 Å². The van der Waals surface area contributed by atoms with Crippen LogP contribution in [0.25, 0.3) is 10.9 Å². The Morgan fingerprint density at radius 2 is 1.74 bits per heavy atom. The SMILES string of the molecule is Cc1cc(C)nc(NNC(=O)c2ccc3[nH]c(C)c(C)c3c2)n1. The second-order valence-corrected chi connectivity index (χ2v) is 5.69. The molecule has 1 aromatic carbocycles. The van der Waals surface area contributed by atoms with Crippen molar-refractivity contribution < 1.29 is 4.79 Å². The fraction of sp³-hybridized carbons (Fsp3) is 0.235. The molecule has 0 bridgehead atoms. The Bertz CT molecular complexity index is 877. The lowest BCUT2D eigenvalue weighted by molar-refractivity contribution is 0.0962. The molecule has 2 aromatic heterocycles. The van der Waals surface area contributed by atoms with Crippen LogP contribution in [0, 0.1) is 27.7 Å². The van der Waals surface area contributed by atoms with Gasteiger partial charge >= 0.3 is 0 Å². The summed E-state index contributed by atoms with van der Waals surface area (Å²) in [5.41, 5.74) is 11.0. The molecular weight excluding hydrogens is 290 g/mol. The van der Waals surface area contributed by atoms with Gasteiger partial charge in [0.2, 0.25) is 5.95 Å². The second kappa shape index (κ2) is 5.72. The number of hydrogen-bond acceptors (Lipinski definition) is 4. The molecule has 0 fully saturated rings. The molecule has 0 saturated carbocycles. The predicted molar refractivity (Wildman–Crippen MR) is 90.4 cm³/mol. The third kappa shape index (κ3) is 3.01. The average molecular weight is 309 g/mol. The minimum atomic E-state index is -0.229. The van der Waals surface area contributed by atoms with Crippen LogP contribution in [0.5, 0.6) is 0 Å². The summed E-state index contributed by atoms with van der Waals surface area (Å²) in [5, 5.41) is 1.05. The molecule has 0 aliphatic carbocycles. The largest absolute Gasteiger partial charge is 0.358 e. The zero-order chi connectivity index (χ0) is 16.6. The van der Waals surface area contributed by atoms with E-state index in [-0.39, 0.29) is 5.91 Å². The van der Waals surface area contributed by atoms with E-state index in [1.807, 2.05) is 45.9 Å². The van der Waals surface area contributed by atoms with E-state index < -0.39 is 0 Å². The zero-order valence-corrected chi connectivity index (χ0v) is 13.6. The Morgan fingerprint density at radius 1 is 1.04 bits per heavy atom. The quantitative estimate of drug-likeness (QED) is 0.650. The summed E-state index contributed by atoms with van der Waals surface area (Å²) < 4.78 is 0. The molecule has 0 radical (unpaired) electrons. The van der Waals surface area contributed by atoms with Gasteiger partial charge in [-0.3, -0.25) is 15.6 Å². The number of carbonyl (C=O) groups is 1. The number of benzene rings is 1. The number of aromatic amines is 1. The van der Waals surface area contributed by atoms with Gasteiger partial charge in [-0.25, -0.2) is 9.97 Å².